The first-order chi connectivity index (χ1) is 7.06. The van der Waals surface area contributed by atoms with Crippen LogP contribution in [-0.2, 0) is 19.4 Å². The largest absolute Gasteiger partial charge is 0.456 e. The van der Waals surface area contributed by atoms with E-state index in [0.29, 0.717) is 0 Å². The van der Waals surface area contributed by atoms with Crippen LogP contribution < -0.4 is 0 Å². The van der Waals surface area contributed by atoms with Crippen LogP contribution in [0.25, 0.3) is 0 Å². The molecule has 0 spiro atoms. The third-order valence-electron chi connectivity index (χ3n) is 1.89. The standard InChI is InChI=1S/C10H11O4S/c1-9-2-4-10(5-3-9)15(12,13)7-6-14-8-11/h2-5H,6-7H2,1H3. The van der Waals surface area contributed by atoms with Gasteiger partial charge in [-0.05, 0) is 19.1 Å². The molecule has 81 valence electrons. The highest BCUT2D eigenvalue weighted by molar-refractivity contribution is 7.91. The Hall–Kier alpha value is -1.36. The molecular weight excluding hydrogens is 216 g/mol. The quantitative estimate of drug-likeness (QED) is 0.700. The summed E-state index contributed by atoms with van der Waals surface area (Å²) >= 11 is 0. The second-order valence-corrected chi connectivity index (χ2v) is 5.17. The van der Waals surface area contributed by atoms with Crippen LogP contribution in [-0.4, -0.2) is 27.2 Å². The summed E-state index contributed by atoms with van der Waals surface area (Å²) in [7, 11) is -3.35. The molecule has 4 nitrogen and oxygen atoms in total. The number of sulfone groups is 1. The van der Waals surface area contributed by atoms with Crippen molar-refractivity contribution in [3.8, 4) is 0 Å². The molecule has 0 aromatic heterocycles. The maximum atomic E-state index is 11.6. The topological polar surface area (TPSA) is 60.4 Å². The minimum absolute atomic E-state index is 0.167. The highest BCUT2D eigenvalue weighted by Crippen LogP contribution is 2.11. The lowest BCUT2D eigenvalue weighted by Gasteiger charge is -2.03. The first-order valence-corrected chi connectivity index (χ1v) is 6.00. The molecule has 0 aliphatic rings. The molecule has 0 saturated carbocycles. The maximum Gasteiger partial charge on any atom is 0.417 e. The van der Waals surface area contributed by atoms with Crippen LogP contribution in [0.2, 0.25) is 0 Å². The molecular formula is C10H11O4S. The molecule has 5 heteroatoms. The summed E-state index contributed by atoms with van der Waals surface area (Å²) in [6, 6.07) is 6.52. The molecule has 0 unspecified atom stereocenters. The lowest BCUT2D eigenvalue weighted by Crippen LogP contribution is -2.12. The zero-order chi connectivity index (χ0) is 11.3. The molecule has 0 aliphatic carbocycles. The van der Waals surface area contributed by atoms with Crippen LogP contribution >= 0.6 is 0 Å². The van der Waals surface area contributed by atoms with Crippen molar-refractivity contribution >= 4 is 16.3 Å². The Labute approximate surface area is 88.8 Å². The van der Waals surface area contributed by atoms with Gasteiger partial charge in [0.05, 0.1) is 10.6 Å². The predicted molar refractivity (Wildman–Crippen MR) is 54.9 cm³/mol. The van der Waals surface area contributed by atoms with Crippen molar-refractivity contribution in [1.82, 2.24) is 0 Å². The molecule has 0 amide bonds. The van der Waals surface area contributed by atoms with Gasteiger partial charge in [0.25, 0.3) is 0 Å². The fourth-order valence-corrected chi connectivity index (χ4v) is 2.15. The Morgan fingerprint density at radius 1 is 1.27 bits per heavy atom. The van der Waals surface area contributed by atoms with E-state index in [1.54, 1.807) is 12.1 Å². The summed E-state index contributed by atoms with van der Waals surface area (Å²) in [5, 5.41) is 0. The molecule has 1 rings (SSSR count). The van der Waals surface area contributed by atoms with Gasteiger partial charge < -0.3 is 4.74 Å². The maximum absolute atomic E-state index is 11.6. The van der Waals surface area contributed by atoms with Gasteiger partial charge in [0.1, 0.15) is 6.61 Å². The number of carbonyl (C=O) groups excluding carboxylic acids is 1. The van der Waals surface area contributed by atoms with E-state index in [-0.39, 0.29) is 17.3 Å². The molecule has 0 aliphatic heterocycles. The van der Waals surface area contributed by atoms with Gasteiger partial charge in [-0.15, -0.1) is 0 Å². The van der Waals surface area contributed by atoms with E-state index in [9.17, 15) is 13.2 Å². The number of rotatable bonds is 5. The summed E-state index contributed by atoms with van der Waals surface area (Å²) in [6.45, 7) is 2.90. The molecule has 15 heavy (non-hydrogen) atoms. The SMILES string of the molecule is Cc1ccc(S(=O)(=O)CCO[C]=O)cc1. The smallest absolute Gasteiger partial charge is 0.417 e. The fourth-order valence-electron chi connectivity index (χ4n) is 1.06. The summed E-state index contributed by atoms with van der Waals surface area (Å²) in [6.07, 6.45) is 0. The van der Waals surface area contributed by atoms with Crippen molar-refractivity contribution in [3.05, 3.63) is 29.8 Å². The molecule has 0 saturated heterocycles. The van der Waals surface area contributed by atoms with Crippen molar-refractivity contribution < 1.29 is 17.9 Å². The van der Waals surface area contributed by atoms with E-state index < -0.39 is 9.84 Å². The van der Waals surface area contributed by atoms with Crippen LogP contribution in [0.5, 0.6) is 0 Å². The summed E-state index contributed by atoms with van der Waals surface area (Å²) in [5.41, 5.74) is 0.992. The highest BCUT2D eigenvalue weighted by Gasteiger charge is 2.13. The first-order valence-electron chi connectivity index (χ1n) is 4.34. The van der Waals surface area contributed by atoms with E-state index in [2.05, 4.69) is 4.74 Å². The second kappa shape index (κ2) is 4.93. The molecule has 0 fully saturated rings. The van der Waals surface area contributed by atoms with E-state index in [1.165, 1.54) is 18.6 Å². The van der Waals surface area contributed by atoms with Crippen LogP contribution in [0.3, 0.4) is 0 Å². The average Bonchev–Trinajstić information content (AvgIpc) is 2.18. The Bertz CT molecular complexity index is 419. The normalized spacial score (nSPS) is 11.0. The molecule has 0 heterocycles. The summed E-state index contributed by atoms with van der Waals surface area (Å²) in [5.74, 6) is -0.217. The monoisotopic (exact) mass is 227 g/mol. The van der Waals surface area contributed by atoms with Crippen LogP contribution in [0.1, 0.15) is 5.56 Å². The van der Waals surface area contributed by atoms with Crippen molar-refractivity contribution in [2.75, 3.05) is 12.4 Å². The van der Waals surface area contributed by atoms with Gasteiger partial charge in [-0.25, -0.2) is 13.2 Å². The minimum Gasteiger partial charge on any atom is -0.456 e. The Morgan fingerprint density at radius 2 is 1.87 bits per heavy atom. The molecule has 1 radical (unpaired) electrons. The number of hydrogen-bond acceptors (Lipinski definition) is 4. The van der Waals surface area contributed by atoms with Gasteiger partial charge in [-0.1, -0.05) is 17.7 Å². The number of aryl methyl sites for hydroxylation is 1. The zero-order valence-electron chi connectivity index (χ0n) is 8.26. The molecule has 0 atom stereocenters. The Balaban J connectivity index is 2.77. The van der Waals surface area contributed by atoms with Crippen LogP contribution in [0, 0.1) is 6.92 Å². The van der Waals surface area contributed by atoms with E-state index in [1.807, 2.05) is 6.92 Å². The molecule has 1 aromatic rings. The molecule has 0 N–H and O–H groups in total. The van der Waals surface area contributed by atoms with Gasteiger partial charge in [-0.3, -0.25) is 0 Å². The Morgan fingerprint density at radius 3 is 2.40 bits per heavy atom. The van der Waals surface area contributed by atoms with Crippen LogP contribution in [0.4, 0.5) is 0 Å². The lowest BCUT2D eigenvalue weighted by atomic mass is 10.2. The average molecular weight is 227 g/mol. The van der Waals surface area contributed by atoms with Gasteiger partial charge in [0, 0.05) is 0 Å². The predicted octanol–water partition coefficient (Wildman–Crippen LogP) is 0.853. The minimum atomic E-state index is -3.35. The van der Waals surface area contributed by atoms with Crippen molar-refractivity contribution in [3.63, 3.8) is 0 Å². The Kier molecular flexibility index (Phi) is 3.85. The molecule has 1 aromatic carbocycles. The molecule has 0 bridgehead atoms. The highest BCUT2D eigenvalue weighted by atomic mass is 32.2. The summed E-state index contributed by atoms with van der Waals surface area (Å²) in [4.78, 5) is 9.97. The van der Waals surface area contributed by atoms with E-state index >= 15 is 0 Å². The van der Waals surface area contributed by atoms with E-state index in [0.717, 1.165) is 5.56 Å². The fraction of sp³-hybridized carbons (Fsp3) is 0.300. The van der Waals surface area contributed by atoms with Gasteiger partial charge in [0.15, 0.2) is 9.84 Å². The third-order valence-corrected chi connectivity index (χ3v) is 3.59. The van der Waals surface area contributed by atoms with E-state index in [4.69, 9.17) is 0 Å². The van der Waals surface area contributed by atoms with Crippen LogP contribution in [0.15, 0.2) is 29.2 Å². The van der Waals surface area contributed by atoms with Gasteiger partial charge >= 0.3 is 6.47 Å². The van der Waals surface area contributed by atoms with Gasteiger partial charge in [0.2, 0.25) is 0 Å². The van der Waals surface area contributed by atoms with Crippen molar-refractivity contribution in [2.24, 2.45) is 0 Å². The number of ether oxygens (including phenoxy) is 1. The van der Waals surface area contributed by atoms with Gasteiger partial charge in [-0.2, -0.15) is 0 Å². The lowest BCUT2D eigenvalue weighted by molar-refractivity contribution is 0.297. The number of benzene rings is 1. The number of hydrogen-bond donors (Lipinski definition) is 0. The summed E-state index contributed by atoms with van der Waals surface area (Å²) < 4.78 is 27.4. The zero-order valence-corrected chi connectivity index (χ0v) is 9.08. The first kappa shape index (κ1) is 11.7. The second-order valence-electron chi connectivity index (χ2n) is 3.06. The van der Waals surface area contributed by atoms with Crippen molar-refractivity contribution in [2.45, 2.75) is 11.8 Å². The third kappa shape index (κ3) is 3.36. The van der Waals surface area contributed by atoms with Crippen molar-refractivity contribution in [1.29, 1.82) is 0 Å².